The van der Waals surface area contributed by atoms with Gasteiger partial charge in [-0.2, -0.15) is 0 Å². The number of aliphatic hydroxyl groups is 1. The van der Waals surface area contributed by atoms with Crippen LogP contribution in [0.5, 0.6) is 0 Å². The van der Waals surface area contributed by atoms with Crippen molar-refractivity contribution in [1.82, 2.24) is 4.98 Å². The van der Waals surface area contributed by atoms with Crippen molar-refractivity contribution in [3.8, 4) is 0 Å². The molecule has 2 nitrogen and oxygen atoms in total. The third-order valence-corrected chi connectivity index (χ3v) is 4.20. The van der Waals surface area contributed by atoms with Gasteiger partial charge in [-0.15, -0.1) is 0 Å². The van der Waals surface area contributed by atoms with E-state index in [2.05, 4.69) is 4.98 Å². The molecule has 0 amide bonds. The maximum atomic E-state index is 11.7. The van der Waals surface area contributed by atoms with Crippen LogP contribution in [0.25, 0.3) is 0 Å². The number of aromatic nitrogens is 1. The Balaban J connectivity index is 2.24. The second-order valence-electron chi connectivity index (χ2n) is 6.11. The van der Waals surface area contributed by atoms with Crippen molar-refractivity contribution in [2.45, 2.75) is 26.4 Å². The fourth-order valence-electron chi connectivity index (χ4n) is 2.80. The zero-order valence-corrected chi connectivity index (χ0v) is 13.7. The van der Waals surface area contributed by atoms with Gasteiger partial charge in [-0.3, -0.25) is 4.98 Å². The van der Waals surface area contributed by atoms with Crippen LogP contribution in [0.3, 0.4) is 0 Å². The zero-order chi connectivity index (χ0) is 16.4. The molecule has 3 rings (SSSR count). The first-order valence-corrected chi connectivity index (χ1v) is 7.81. The van der Waals surface area contributed by atoms with Crippen molar-refractivity contribution in [2.24, 2.45) is 0 Å². The van der Waals surface area contributed by atoms with Crippen LogP contribution < -0.4 is 0 Å². The lowest BCUT2D eigenvalue weighted by atomic mass is 9.82. The van der Waals surface area contributed by atoms with Crippen molar-refractivity contribution >= 4 is 0 Å². The van der Waals surface area contributed by atoms with Crippen LogP contribution in [0.15, 0.2) is 66.7 Å². The predicted octanol–water partition coefficient (Wildman–Crippen LogP) is 4.29. The Morgan fingerprint density at radius 2 is 1.17 bits per heavy atom. The van der Waals surface area contributed by atoms with E-state index in [0.717, 1.165) is 27.9 Å². The largest absolute Gasteiger partial charge is 0.374 e. The Morgan fingerprint density at radius 3 is 1.61 bits per heavy atom. The van der Waals surface area contributed by atoms with E-state index >= 15 is 0 Å². The molecular formula is C21H21NO. The molecule has 0 saturated carbocycles. The summed E-state index contributed by atoms with van der Waals surface area (Å²) in [5.41, 5.74) is 4.25. The van der Waals surface area contributed by atoms with E-state index in [1.165, 1.54) is 0 Å². The summed E-state index contributed by atoms with van der Waals surface area (Å²) in [6.45, 7) is 6.02. The molecule has 0 saturated heterocycles. The second-order valence-corrected chi connectivity index (χ2v) is 6.11. The van der Waals surface area contributed by atoms with E-state index < -0.39 is 5.60 Å². The van der Waals surface area contributed by atoms with Crippen molar-refractivity contribution < 1.29 is 5.11 Å². The highest BCUT2D eigenvalue weighted by Crippen LogP contribution is 2.35. The molecule has 0 atom stereocenters. The Bertz CT molecular complexity index is 759. The van der Waals surface area contributed by atoms with E-state index in [-0.39, 0.29) is 0 Å². The Labute approximate surface area is 137 Å². The Hall–Kier alpha value is -2.45. The quantitative estimate of drug-likeness (QED) is 0.783. The number of aryl methyl sites for hydroxylation is 3. The van der Waals surface area contributed by atoms with Crippen molar-refractivity contribution in [3.63, 3.8) is 0 Å². The van der Waals surface area contributed by atoms with Crippen LogP contribution >= 0.6 is 0 Å². The molecule has 1 N–H and O–H groups in total. The van der Waals surface area contributed by atoms with Crippen LogP contribution in [-0.4, -0.2) is 10.1 Å². The number of benzene rings is 2. The van der Waals surface area contributed by atoms with Gasteiger partial charge in [-0.1, -0.05) is 65.7 Å². The number of nitrogens with zero attached hydrogens (tertiary/aromatic N) is 1. The highest BCUT2D eigenvalue weighted by Gasteiger charge is 2.35. The highest BCUT2D eigenvalue weighted by atomic mass is 16.3. The molecular weight excluding hydrogens is 282 g/mol. The monoisotopic (exact) mass is 303 g/mol. The summed E-state index contributed by atoms with van der Waals surface area (Å²) >= 11 is 0. The minimum absolute atomic E-state index is 0.644. The lowest BCUT2D eigenvalue weighted by Gasteiger charge is -2.29. The molecule has 3 aromatic rings. The summed E-state index contributed by atoms with van der Waals surface area (Å²) in [5.74, 6) is 0. The first-order chi connectivity index (χ1) is 11.0. The van der Waals surface area contributed by atoms with Gasteiger partial charge in [0.25, 0.3) is 0 Å². The summed E-state index contributed by atoms with van der Waals surface area (Å²) in [6, 6.07) is 21.7. The normalized spacial score (nSPS) is 11.5. The summed E-state index contributed by atoms with van der Waals surface area (Å²) in [5, 5.41) is 11.7. The van der Waals surface area contributed by atoms with Gasteiger partial charge in [0.05, 0.1) is 5.69 Å². The molecule has 0 fully saturated rings. The van der Waals surface area contributed by atoms with Gasteiger partial charge >= 0.3 is 0 Å². The Kier molecular flexibility index (Phi) is 4.01. The lowest BCUT2D eigenvalue weighted by molar-refractivity contribution is 0.120. The fourth-order valence-corrected chi connectivity index (χ4v) is 2.80. The van der Waals surface area contributed by atoms with Crippen LogP contribution in [0.4, 0.5) is 0 Å². The summed E-state index contributed by atoms with van der Waals surface area (Å²) in [6.07, 6.45) is 0. The van der Waals surface area contributed by atoms with Crippen molar-refractivity contribution in [3.05, 3.63) is 100 Å². The molecule has 2 heteroatoms. The topological polar surface area (TPSA) is 33.1 Å². The highest BCUT2D eigenvalue weighted by molar-refractivity contribution is 5.45. The second kappa shape index (κ2) is 5.98. The maximum absolute atomic E-state index is 11.7. The Morgan fingerprint density at radius 1 is 0.696 bits per heavy atom. The summed E-state index contributed by atoms with van der Waals surface area (Å²) in [7, 11) is 0. The number of pyridine rings is 1. The standard InChI is InChI=1S/C21H21NO/c1-15-7-11-18(12-8-15)21(23,19-13-9-16(2)10-14-19)20-6-4-5-17(3)22-20/h4-14,23H,1-3H3. The molecule has 23 heavy (non-hydrogen) atoms. The van der Waals surface area contributed by atoms with Gasteiger partial charge in [0.1, 0.15) is 0 Å². The number of rotatable bonds is 3. The van der Waals surface area contributed by atoms with Crippen LogP contribution in [0, 0.1) is 20.8 Å². The third kappa shape index (κ3) is 2.90. The molecule has 0 radical (unpaired) electrons. The van der Waals surface area contributed by atoms with E-state index in [0.29, 0.717) is 5.69 Å². The van der Waals surface area contributed by atoms with Crippen molar-refractivity contribution in [2.75, 3.05) is 0 Å². The molecule has 0 unspecified atom stereocenters. The van der Waals surface area contributed by atoms with Crippen LogP contribution in [-0.2, 0) is 5.60 Å². The SMILES string of the molecule is Cc1ccc(C(O)(c2ccc(C)cc2)c2cccc(C)n2)cc1. The molecule has 1 aromatic heterocycles. The molecule has 0 bridgehead atoms. The average Bonchev–Trinajstić information content (AvgIpc) is 2.55. The van der Waals surface area contributed by atoms with E-state index in [1.54, 1.807) is 0 Å². The molecule has 0 aliphatic carbocycles. The average molecular weight is 303 g/mol. The van der Waals surface area contributed by atoms with Gasteiger partial charge in [-0.25, -0.2) is 0 Å². The van der Waals surface area contributed by atoms with Gasteiger partial charge in [-0.05, 0) is 44.0 Å². The minimum atomic E-state index is -1.26. The number of hydrogen-bond acceptors (Lipinski definition) is 2. The minimum Gasteiger partial charge on any atom is -0.374 e. The van der Waals surface area contributed by atoms with Gasteiger partial charge < -0.3 is 5.11 Å². The molecule has 2 aromatic carbocycles. The first-order valence-electron chi connectivity index (χ1n) is 7.81. The van der Waals surface area contributed by atoms with Crippen LogP contribution in [0.2, 0.25) is 0 Å². The zero-order valence-electron chi connectivity index (χ0n) is 13.7. The fraction of sp³-hybridized carbons (Fsp3) is 0.190. The number of hydrogen-bond donors (Lipinski definition) is 1. The van der Waals surface area contributed by atoms with E-state index in [1.807, 2.05) is 87.5 Å². The molecule has 0 spiro atoms. The van der Waals surface area contributed by atoms with Gasteiger partial charge in [0.2, 0.25) is 0 Å². The smallest absolute Gasteiger partial charge is 0.157 e. The van der Waals surface area contributed by atoms with Gasteiger partial charge in [0, 0.05) is 5.69 Å². The first kappa shape index (κ1) is 15.4. The van der Waals surface area contributed by atoms with Gasteiger partial charge in [0.15, 0.2) is 5.60 Å². The third-order valence-electron chi connectivity index (χ3n) is 4.20. The van der Waals surface area contributed by atoms with Crippen molar-refractivity contribution in [1.29, 1.82) is 0 Å². The lowest BCUT2D eigenvalue weighted by Crippen LogP contribution is -2.30. The van der Waals surface area contributed by atoms with E-state index in [4.69, 9.17) is 0 Å². The predicted molar refractivity (Wildman–Crippen MR) is 93.4 cm³/mol. The summed E-state index contributed by atoms with van der Waals surface area (Å²) in [4.78, 5) is 4.59. The maximum Gasteiger partial charge on any atom is 0.157 e. The molecule has 0 aliphatic heterocycles. The summed E-state index contributed by atoms with van der Waals surface area (Å²) < 4.78 is 0. The molecule has 0 aliphatic rings. The molecule has 1 heterocycles. The van der Waals surface area contributed by atoms with Crippen LogP contribution in [0.1, 0.15) is 33.6 Å². The molecule has 116 valence electrons. The van der Waals surface area contributed by atoms with E-state index in [9.17, 15) is 5.11 Å².